The van der Waals surface area contributed by atoms with E-state index in [-0.39, 0.29) is 32.1 Å². The molecule has 2 aromatic heterocycles. The van der Waals surface area contributed by atoms with Gasteiger partial charge in [0.25, 0.3) is 5.56 Å². The average Bonchev–Trinajstić information content (AvgIpc) is 2.82. The minimum Gasteiger partial charge on any atom is -0.488 e. The third-order valence-electron chi connectivity index (χ3n) is 5.07. The van der Waals surface area contributed by atoms with E-state index < -0.39 is 29.2 Å². The number of carbonyl (C=O) groups excluding carboxylic acids is 1. The molecular weight excluding hydrogens is 497 g/mol. The Bertz CT molecular complexity index is 1030. The number of H-pyrrole nitrogens is 1. The lowest BCUT2D eigenvalue weighted by molar-refractivity contribution is -0.141. The molecule has 11 nitrogen and oxygen atoms in total. The van der Waals surface area contributed by atoms with Crippen molar-refractivity contribution in [2.45, 2.75) is 18.7 Å². The van der Waals surface area contributed by atoms with Gasteiger partial charge in [0.05, 0.1) is 43.2 Å². The number of hydrogen-bond acceptors (Lipinski definition) is 9. The molecule has 3 rings (SSSR count). The highest BCUT2D eigenvalue weighted by Crippen LogP contribution is 2.32. The highest BCUT2D eigenvalue weighted by Gasteiger charge is 2.38. The summed E-state index contributed by atoms with van der Waals surface area (Å²) in [4.78, 5) is 36.1. The first-order chi connectivity index (χ1) is 16.7. The molecule has 3 heterocycles. The van der Waals surface area contributed by atoms with Crippen molar-refractivity contribution in [3.8, 4) is 5.75 Å². The van der Waals surface area contributed by atoms with Crippen LogP contribution in [0.2, 0.25) is 5.02 Å². The second kappa shape index (κ2) is 12.1. The standard InChI is InChI=1S/C20H24ClF3N6O5/c1-33-11-14(12-35-15-10-27-28-18(32)17(15)20(22,23)24)34-7-2-16(31)29-3-5-30(6-4-29)19-25-8-13(21)9-26-19/h8-10,14H,2-7,11-12H2,1H3,(H,28,32)/t14-/m0/s1. The van der Waals surface area contributed by atoms with E-state index in [1.165, 1.54) is 19.5 Å². The lowest BCUT2D eigenvalue weighted by atomic mass is 10.2. The summed E-state index contributed by atoms with van der Waals surface area (Å²) in [6.07, 6.45) is -1.83. The maximum Gasteiger partial charge on any atom is 0.425 e. The van der Waals surface area contributed by atoms with Gasteiger partial charge < -0.3 is 24.0 Å². The first kappa shape index (κ1) is 26.6. The normalized spacial score (nSPS) is 15.2. The van der Waals surface area contributed by atoms with Crippen LogP contribution in [0.15, 0.2) is 23.4 Å². The Morgan fingerprint density at radius 1 is 1.17 bits per heavy atom. The zero-order valence-corrected chi connectivity index (χ0v) is 19.5. The number of methoxy groups -OCH3 is 1. The fraction of sp³-hybridized carbons (Fsp3) is 0.550. The lowest BCUT2D eigenvalue weighted by Crippen LogP contribution is -2.49. The second-order valence-corrected chi connectivity index (χ2v) is 7.95. The fourth-order valence-corrected chi connectivity index (χ4v) is 3.47. The first-order valence-electron chi connectivity index (χ1n) is 10.6. The summed E-state index contributed by atoms with van der Waals surface area (Å²) in [5.41, 5.74) is -2.89. The topological polar surface area (TPSA) is 123 Å². The van der Waals surface area contributed by atoms with E-state index in [0.29, 0.717) is 37.1 Å². The van der Waals surface area contributed by atoms with Crippen molar-refractivity contribution in [1.82, 2.24) is 25.1 Å². The smallest absolute Gasteiger partial charge is 0.425 e. The molecular formula is C20H24ClF3N6O5. The van der Waals surface area contributed by atoms with Gasteiger partial charge in [0, 0.05) is 33.3 Å². The predicted octanol–water partition coefficient (Wildman–Crippen LogP) is 1.38. The van der Waals surface area contributed by atoms with Gasteiger partial charge in [-0.25, -0.2) is 15.1 Å². The summed E-state index contributed by atoms with van der Waals surface area (Å²) in [5.74, 6) is -0.307. The van der Waals surface area contributed by atoms with Crippen LogP contribution >= 0.6 is 11.6 Å². The van der Waals surface area contributed by atoms with E-state index in [1.54, 1.807) is 10.00 Å². The molecule has 1 aliphatic heterocycles. The minimum absolute atomic E-state index is 0.00588. The van der Waals surface area contributed by atoms with Gasteiger partial charge in [-0.05, 0) is 0 Å². The zero-order chi connectivity index (χ0) is 25.4. The summed E-state index contributed by atoms with van der Waals surface area (Å²) in [5, 5.41) is 5.52. The summed E-state index contributed by atoms with van der Waals surface area (Å²) in [6.45, 7) is 1.75. The van der Waals surface area contributed by atoms with Gasteiger partial charge >= 0.3 is 6.18 Å². The molecule has 192 valence electrons. The maximum absolute atomic E-state index is 13.1. The van der Waals surface area contributed by atoms with Gasteiger partial charge in [-0.1, -0.05) is 11.6 Å². The molecule has 0 radical (unpaired) electrons. The maximum atomic E-state index is 13.1. The average molecular weight is 521 g/mol. The molecule has 2 aromatic rings. The lowest BCUT2D eigenvalue weighted by Gasteiger charge is -2.34. The molecule has 0 bridgehead atoms. The van der Waals surface area contributed by atoms with Gasteiger partial charge in [-0.2, -0.15) is 18.3 Å². The van der Waals surface area contributed by atoms with Crippen LogP contribution in [-0.4, -0.2) is 90.2 Å². The first-order valence-corrected chi connectivity index (χ1v) is 10.9. The molecule has 0 aliphatic carbocycles. The molecule has 1 aliphatic rings. The van der Waals surface area contributed by atoms with E-state index in [4.69, 9.17) is 25.8 Å². The van der Waals surface area contributed by atoms with E-state index in [2.05, 4.69) is 15.1 Å². The molecule has 0 saturated carbocycles. The zero-order valence-electron chi connectivity index (χ0n) is 18.8. The molecule has 1 N–H and O–H groups in total. The summed E-state index contributed by atoms with van der Waals surface area (Å²) in [7, 11) is 1.39. The van der Waals surface area contributed by atoms with Crippen LogP contribution in [0.25, 0.3) is 0 Å². The summed E-state index contributed by atoms with van der Waals surface area (Å²) in [6, 6.07) is 0. The van der Waals surface area contributed by atoms with Crippen molar-refractivity contribution in [3.05, 3.63) is 39.5 Å². The van der Waals surface area contributed by atoms with Gasteiger partial charge in [0.1, 0.15) is 12.7 Å². The molecule has 0 unspecified atom stereocenters. The number of anilines is 1. The number of rotatable bonds is 10. The van der Waals surface area contributed by atoms with Crippen LogP contribution in [0, 0.1) is 0 Å². The number of halogens is 4. The molecule has 1 amide bonds. The molecule has 15 heteroatoms. The van der Waals surface area contributed by atoms with Crippen LogP contribution in [0.1, 0.15) is 12.0 Å². The Morgan fingerprint density at radius 2 is 1.86 bits per heavy atom. The predicted molar refractivity (Wildman–Crippen MR) is 117 cm³/mol. The van der Waals surface area contributed by atoms with Crippen LogP contribution < -0.4 is 15.2 Å². The molecule has 1 fully saturated rings. The van der Waals surface area contributed by atoms with Crippen LogP contribution in [0.3, 0.4) is 0 Å². The molecule has 35 heavy (non-hydrogen) atoms. The molecule has 0 spiro atoms. The van der Waals surface area contributed by atoms with E-state index in [0.717, 1.165) is 6.20 Å². The highest BCUT2D eigenvalue weighted by atomic mass is 35.5. The Hall–Kier alpha value is -2.97. The van der Waals surface area contributed by atoms with Crippen LogP contribution in [0.4, 0.5) is 19.1 Å². The number of amides is 1. The monoisotopic (exact) mass is 520 g/mol. The highest BCUT2D eigenvalue weighted by molar-refractivity contribution is 6.30. The number of nitrogens with one attached hydrogen (secondary N) is 1. The number of hydrogen-bond donors (Lipinski definition) is 1. The third kappa shape index (κ3) is 7.50. The van der Waals surface area contributed by atoms with Crippen molar-refractivity contribution in [3.63, 3.8) is 0 Å². The van der Waals surface area contributed by atoms with E-state index in [1.807, 2.05) is 4.90 Å². The minimum atomic E-state index is -4.92. The second-order valence-electron chi connectivity index (χ2n) is 7.51. The van der Waals surface area contributed by atoms with Crippen LogP contribution in [-0.2, 0) is 20.4 Å². The summed E-state index contributed by atoms with van der Waals surface area (Å²) >= 11 is 5.80. The molecule has 1 saturated heterocycles. The number of ether oxygens (including phenoxy) is 3. The van der Waals surface area contributed by atoms with Crippen molar-refractivity contribution in [1.29, 1.82) is 0 Å². The van der Waals surface area contributed by atoms with Crippen molar-refractivity contribution in [2.24, 2.45) is 0 Å². The summed E-state index contributed by atoms with van der Waals surface area (Å²) < 4.78 is 55.2. The Morgan fingerprint density at radius 3 is 2.49 bits per heavy atom. The van der Waals surface area contributed by atoms with Crippen LogP contribution in [0.5, 0.6) is 5.75 Å². The Labute approximate surface area is 203 Å². The largest absolute Gasteiger partial charge is 0.488 e. The number of aromatic nitrogens is 4. The van der Waals surface area contributed by atoms with E-state index in [9.17, 15) is 22.8 Å². The number of carbonyl (C=O) groups is 1. The Balaban J connectivity index is 1.46. The number of piperazine rings is 1. The quantitative estimate of drug-likeness (QED) is 0.495. The number of nitrogens with zero attached hydrogens (tertiary/aromatic N) is 5. The number of alkyl halides is 3. The third-order valence-corrected chi connectivity index (χ3v) is 5.27. The van der Waals surface area contributed by atoms with Crippen molar-refractivity contribution < 1.29 is 32.2 Å². The van der Waals surface area contributed by atoms with Gasteiger partial charge in [0.2, 0.25) is 11.9 Å². The fourth-order valence-electron chi connectivity index (χ4n) is 3.37. The van der Waals surface area contributed by atoms with Crippen molar-refractivity contribution >= 4 is 23.5 Å². The van der Waals surface area contributed by atoms with E-state index >= 15 is 0 Å². The van der Waals surface area contributed by atoms with Gasteiger partial charge in [-0.15, -0.1) is 0 Å². The molecule has 1 atom stereocenters. The van der Waals surface area contributed by atoms with Gasteiger partial charge in [-0.3, -0.25) is 9.59 Å². The number of aromatic amines is 1. The van der Waals surface area contributed by atoms with Crippen molar-refractivity contribution in [2.75, 3.05) is 58.0 Å². The molecule has 0 aromatic carbocycles. The van der Waals surface area contributed by atoms with Gasteiger partial charge in [0.15, 0.2) is 11.3 Å². The Kier molecular flexibility index (Phi) is 9.23. The SMILES string of the molecule is COC[C@@H](COc1cn[nH]c(=O)c1C(F)(F)F)OCCC(=O)N1CCN(c2ncc(Cl)cn2)CC1.